The Balaban J connectivity index is 2.95. The van der Waals surface area contributed by atoms with E-state index >= 15 is 0 Å². The lowest BCUT2D eigenvalue weighted by atomic mass is 10.0. The topological polar surface area (TPSA) is 63.2 Å². The van der Waals surface area contributed by atoms with Crippen molar-refractivity contribution in [2.45, 2.75) is 38.1 Å². The Morgan fingerprint density at radius 3 is 2.47 bits per heavy atom. The largest absolute Gasteiger partial charge is 0.349 e. The lowest BCUT2D eigenvalue weighted by molar-refractivity contribution is 0.0924. The van der Waals surface area contributed by atoms with E-state index in [0.29, 0.717) is 11.5 Å². The number of rotatable bonds is 5. The molecule has 1 unspecified atom stereocenters. The number of hydrogen-bond acceptors (Lipinski definition) is 3. The molecule has 1 amide bonds. The van der Waals surface area contributed by atoms with Crippen LogP contribution in [0.15, 0.2) is 29.2 Å². The number of hydrogen-bond donors (Lipinski definition) is 1. The first-order valence-corrected chi connectivity index (χ1v) is 8.42. The fraction of sp³-hybridized carbons (Fsp3) is 0.462. The van der Waals surface area contributed by atoms with Gasteiger partial charge < -0.3 is 5.32 Å². The zero-order valence-electron chi connectivity index (χ0n) is 11.2. The van der Waals surface area contributed by atoms with Gasteiger partial charge in [0, 0.05) is 22.3 Å². The van der Waals surface area contributed by atoms with E-state index in [0.717, 1.165) is 6.42 Å². The second-order valence-electron chi connectivity index (χ2n) is 4.70. The molecule has 1 aromatic carbocycles. The van der Waals surface area contributed by atoms with Crippen LogP contribution < -0.4 is 5.32 Å². The maximum Gasteiger partial charge on any atom is 0.261 e. The van der Waals surface area contributed by atoms with E-state index in [1.165, 1.54) is 18.2 Å². The van der Waals surface area contributed by atoms with Crippen molar-refractivity contribution >= 4 is 25.6 Å². The number of halogens is 1. The van der Waals surface area contributed by atoms with Gasteiger partial charge in [0.25, 0.3) is 15.0 Å². The SMILES string of the molecule is CCC(NC(=O)c1cccc(S(=O)(=O)Cl)c1)C(C)C. The standard InChI is InChI=1S/C13H18ClNO3S/c1-4-12(9(2)3)15-13(16)10-6-5-7-11(8-10)19(14,17)18/h5-9,12H,4H2,1-3H3,(H,15,16). The van der Waals surface area contributed by atoms with Gasteiger partial charge in [-0.1, -0.05) is 26.8 Å². The molecule has 0 aliphatic carbocycles. The molecule has 6 heteroatoms. The molecule has 1 rings (SSSR count). The highest BCUT2D eigenvalue weighted by Crippen LogP contribution is 2.16. The number of nitrogens with one attached hydrogen (secondary N) is 1. The molecular formula is C13H18ClNO3S. The van der Waals surface area contributed by atoms with Gasteiger partial charge in [0.2, 0.25) is 0 Å². The van der Waals surface area contributed by atoms with Gasteiger partial charge in [0.05, 0.1) is 4.90 Å². The van der Waals surface area contributed by atoms with Crippen LogP contribution in [0.5, 0.6) is 0 Å². The quantitative estimate of drug-likeness (QED) is 0.851. The summed E-state index contributed by atoms with van der Waals surface area (Å²) in [6, 6.07) is 5.77. The van der Waals surface area contributed by atoms with E-state index in [2.05, 4.69) is 5.32 Å². The van der Waals surface area contributed by atoms with Crippen molar-refractivity contribution in [2.75, 3.05) is 0 Å². The highest BCUT2D eigenvalue weighted by molar-refractivity contribution is 8.13. The zero-order valence-corrected chi connectivity index (χ0v) is 12.8. The second kappa shape index (κ2) is 6.39. The lowest BCUT2D eigenvalue weighted by Crippen LogP contribution is -2.38. The number of carbonyl (C=O) groups excluding carboxylic acids is 1. The van der Waals surface area contributed by atoms with Crippen molar-refractivity contribution in [2.24, 2.45) is 5.92 Å². The third-order valence-electron chi connectivity index (χ3n) is 2.94. The van der Waals surface area contributed by atoms with Crippen molar-refractivity contribution in [1.29, 1.82) is 0 Å². The van der Waals surface area contributed by atoms with Gasteiger partial charge in [-0.3, -0.25) is 4.79 Å². The minimum atomic E-state index is -3.82. The van der Waals surface area contributed by atoms with Crippen molar-refractivity contribution in [3.8, 4) is 0 Å². The van der Waals surface area contributed by atoms with Crippen LogP contribution in [0.4, 0.5) is 0 Å². The summed E-state index contributed by atoms with van der Waals surface area (Å²) >= 11 is 0. The van der Waals surface area contributed by atoms with Crippen LogP contribution in [0.2, 0.25) is 0 Å². The maximum absolute atomic E-state index is 12.0. The summed E-state index contributed by atoms with van der Waals surface area (Å²) in [5, 5.41) is 2.88. The summed E-state index contributed by atoms with van der Waals surface area (Å²) in [5.74, 6) is 0.0246. The number of amides is 1. The molecule has 0 heterocycles. The minimum absolute atomic E-state index is 0.0590. The van der Waals surface area contributed by atoms with E-state index in [4.69, 9.17) is 10.7 Å². The van der Waals surface area contributed by atoms with Crippen LogP contribution in [0.25, 0.3) is 0 Å². The lowest BCUT2D eigenvalue weighted by Gasteiger charge is -2.20. The van der Waals surface area contributed by atoms with Gasteiger partial charge in [-0.15, -0.1) is 0 Å². The van der Waals surface area contributed by atoms with Crippen molar-refractivity contribution in [3.05, 3.63) is 29.8 Å². The molecule has 1 aromatic rings. The van der Waals surface area contributed by atoms with Gasteiger partial charge in [-0.2, -0.15) is 0 Å². The first-order chi connectivity index (χ1) is 8.75. The van der Waals surface area contributed by atoms with E-state index < -0.39 is 9.05 Å². The minimum Gasteiger partial charge on any atom is -0.349 e. The van der Waals surface area contributed by atoms with E-state index in [1.54, 1.807) is 6.07 Å². The molecule has 0 radical (unpaired) electrons. The van der Waals surface area contributed by atoms with Crippen LogP contribution >= 0.6 is 10.7 Å². The van der Waals surface area contributed by atoms with Gasteiger partial charge in [0.15, 0.2) is 0 Å². The molecule has 1 N–H and O–H groups in total. The molecular weight excluding hydrogens is 286 g/mol. The van der Waals surface area contributed by atoms with Crippen molar-refractivity contribution in [1.82, 2.24) is 5.32 Å². The molecule has 0 aliphatic rings. The first kappa shape index (κ1) is 16.0. The summed E-state index contributed by atoms with van der Waals surface area (Å²) in [5.41, 5.74) is 0.292. The molecule has 0 saturated heterocycles. The van der Waals surface area contributed by atoms with Crippen LogP contribution in [0.3, 0.4) is 0 Å². The number of benzene rings is 1. The molecule has 4 nitrogen and oxygen atoms in total. The van der Waals surface area contributed by atoms with Gasteiger partial charge >= 0.3 is 0 Å². The molecule has 0 aromatic heterocycles. The third kappa shape index (κ3) is 4.51. The smallest absolute Gasteiger partial charge is 0.261 e. The molecule has 0 bridgehead atoms. The van der Waals surface area contributed by atoms with Gasteiger partial charge in [-0.05, 0) is 30.5 Å². The van der Waals surface area contributed by atoms with Gasteiger partial charge in [-0.25, -0.2) is 8.42 Å². The Morgan fingerprint density at radius 2 is 2.00 bits per heavy atom. The average molecular weight is 304 g/mol. The van der Waals surface area contributed by atoms with Crippen molar-refractivity contribution < 1.29 is 13.2 Å². The van der Waals surface area contributed by atoms with Crippen LogP contribution in [-0.2, 0) is 9.05 Å². The van der Waals surface area contributed by atoms with Crippen LogP contribution in [0, 0.1) is 5.92 Å². The normalized spacial score (nSPS) is 13.3. The predicted octanol–water partition coefficient (Wildman–Crippen LogP) is 2.78. The Morgan fingerprint density at radius 1 is 1.37 bits per heavy atom. The predicted molar refractivity (Wildman–Crippen MR) is 75.9 cm³/mol. The summed E-state index contributed by atoms with van der Waals surface area (Å²) < 4.78 is 22.5. The zero-order chi connectivity index (χ0) is 14.6. The average Bonchev–Trinajstić information content (AvgIpc) is 2.34. The summed E-state index contributed by atoms with van der Waals surface area (Å²) in [7, 11) is 1.44. The monoisotopic (exact) mass is 303 g/mol. The third-order valence-corrected chi connectivity index (χ3v) is 4.29. The Kier molecular flexibility index (Phi) is 5.38. The van der Waals surface area contributed by atoms with Crippen LogP contribution in [-0.4, -0.2) is 20.4 Å². The molecule has 0 aliphatic heterocycles. The molecule has 19 heavy (non-hydrogen) atoms. The molecule has 0 fully saturated rings. The van der Waals surface area contributed by atoms with E-state index in [9.17, 15) is 13.2 Å². The maximum atomic E-state index is 12.0. The first-order valence-electron chi connectivity index (χ1n) is 6.11. The Bertz CT molecular complexity index is 555. The fourth-order valence-electron chi connectivity index (χ4n) is 1.78. The molecule has 0 saturated carbocycles. The Labute approximate surface area is 118 Å². The summed E-state index contributed by atoms with van der Waals surface area (Å²) in [4.78, 5) is 12.0. The van der Waals surface area contributed by atoms with Gasteiger partial charge in [0.1, 0.15) is 0 Å². The second-order valence-corrected chi connectivity index (χ2v) is 7.26. The molecule has 106 valence electrons. The summed E-state index contributed by atoms with van der Waals surface area (Å²) in [6.07, 6.45) is 0.816. The highest BCUT2D eigenvalue weighted by atomic mass is 35.7. The van der Waals surface area contributed by atoms with E-state index in [-0.39, 0.29) is 16.8 Å². The highest BCUT2D eigenvalue weighted by Gasteiger charge is 2.17. The Hall–Kier alpha value is -1.07. The van der Waals surface area contributed by atoms with E-state index in [1.807, 2.05) is 20.8 Å². The summed E-state index contributed by atoms with van der Waals surface area (Å²) in [6.45, 7) is 6.03. The molecule has 0 spiro atoms. The molecule has 1 atom stereocenters. The number of carbonyl (C=O) groups is 1. The van der Waals surface area contributed by atoms with Crippen molar-refractivity contribution in [3.63, 3.8) is 0 Å². The fourth-order valence-corrected chi connectivity index (χ4v) is 2.58. The van der Waals surface area contributed by atoms with Crippen LogP contribution in [0.1, 0.15) is 37.6 Å².